The molecule has 1 aliphatic rings. The Balaban J connectivity index is 1.37. The molecule has 38 heavy (non-hydrogen) atoms. The molecule has 3 aromatic rings. The number of fused-ring (bicyclic) bond motifs is 1. The molecule has 0 spiro atoms. The highest BCUT2D eigenvalue weighted by Gasteiger charge is 2.38. The number of aromatic amines is 2. The third-order valence-electron chi connectivity index (χ3n) is 6.68. The molecule has 4 unspecified atom stereocenters. The number of thiol groups is 1. The summed E-state index contributed by atoms with van der Waals surface area (Å²) in [6, 6.07) is 3.51. The first kappa shape index (κ1) is 27.2. The molecule has 1 aromatic carbocycles. The number of nitrogens with zero attached hydrogens (tertiary/aromatic N) is 2. The van der Waals surface area contributed by atoms with Gasteiger partial charge < -0.3 is 36.3 Å². The Kier molecular flexibility index (Phi) is 8.69. The maximum atomic E-state index is 13.1. The van der Waals surface area contributed by atoms with Gasteiger partial charge in [-0.15, -0.1) is 0 Å². The average molecular weight is 542 g/mol. The number of H-pyrrole nitrogens is 2. The normalized spacial score (nSPS) is 17.6. The van der Waals surface area contributed by atoms with Crippen molar-refractivity contribution in [3.05, 3.63) is 54.2 Å². The Bertz CT molecular complexity index is 1290. The number of para-hydroxylation sites is 1. The summed E-state index contributed by atoms with van der Waals surface area (Å²) in [5, 5.41) is 15.8. The van der Waals surface area contributed by atoms with Gasteiger partial charge in [-0.1, -0.05) is 18.2 Å². The molecular formula is C25H31N7O5S. The Hall–Kier alpha value is -3.84. The molecule has 0 saturated carbocycles. The molecule has 0 bridgehead atoms. The maximum Gasteiger partial charge on any atom is 0.326 e. The topological polar surface area (TPSA) is 186 Å². The van der Waals surface area contributed by atoms with Gasteiger partial charge in [0.2, 0.25) is 17.7 Å². The van der Waals surface area contributed by atoms with Crippen LogP contribution in [0.4, 0.5) is 0 Å². The zero-order valence-electron chi connectivity index (χ0n) is 20.6. The second-order valence-electron chi connectivity index (χ2n) is 9.28. The number of carboxylic acid groups (broad SMARTS) is 1. The number of hydrogen-bond acceptors (Lipinski definition) is 7. The van der Waals surface area contributed by atoms with Crippen LogP contribution in [0.1, 0.15) is 24.1 Å². The molecule has 1 aliphatic heterocycles. The van der Waals surface area contributed by atoms with Crippen LogP contribution in [0.2, 0.25) is 0 Å². The van der Waals surface area contributed by atoms with E-state index in [0.29, 0.717) is 25.1 Å². The minimum absolute atomic E-state index is 0.0530. The average Bonchev–Trinajstić information content (AvgIpc) is 3.67. The van der Waals surface area contributed by atoms with Gasteiger partial charge in [0.05, 0.1) is 12.4 Å². The van der Waals surface area contributed by atoms with Crippen LogP contribution < -0.4 is 16.4 Å². The van der Waals surface area contributed by atoms with Gasteiger partial charge in [0.1, 0.15) is 18.1 Å². The van der Waals surface area contributed by atoms with Gasteiger partial charge in [-0.2, -0.15) is 12.6 Å². The van der Waals surface area contributed by atoms with Crippen molar-refractivity contribution < 1.29 is 24.3 Å². The number of benzene rings is 1. The molecule has 4 atom stereocenters. The molecule has 202 valence electrons. The summed E-state index contributed by atoms with van der Waals surface area (Å²) in [7, 11) is 0. The first-order valence-corrected chi connectivity index (χ1v) is 12.9. The summed E-state index contributed by atoms with van der Waals surface area (Å²) in [5.41, 5.74) is 8.40. The summed E-state index contributed by atoms with van der Waals surface area (Å²) in [6.45, 7) is 0.372. The molecule has 12 nitrogen and oxygen atoms in total. The van der Waals surface area contributed by atoms with Gasteiger partial charge in [-0.05, 0) is 24.5 Å². The van der Waals surface area contributed by atoms with E-state index in [2.05, 4.69) is 38.2 Å². The minimum Gasteiger partial charge on any atom is -0.480 e. The standard InChI is InChI=1S/C25H31N7O5S/c26-17(9-15-11-27-13-29-15)24(35)32-7-3-6-21(32)23(34)31-20(12-38)22(33)30-19(25(36)37)8-14-10-28-18-5-2-1-4-16(14)18/h1-2,4-5,10-11,13,17,19-21,28,38H,3,6-9,12,26H2,(H,27,29)(H,30,33)(H,31,34)(H,36,37). The number of rotatable bonds is 11. The van der Waals surface area contributed by atoms with Crippen molar-refractivity contribution in [3.8, 4) is 0 Å². The Morgan fingerprint density at radius 2 is 1.95 bits per heavy atom. The lowest BCUT2D eigenvalue weighted by Gasteiger charge is -2.28. The van der Waals surface area contributed by atoms with Crippen molar-refractivity contribution >= 4 is 47.2 Å². The number of nitrogens with two attached hydrogens (primary N) is 1. The lowest BCUT2D eigenvalue weighted by atomic mass is 10.0. The SMILES string of the molecule is NC(Cc1cnc[nH]1)C(=O)N1CCCC1C(=O)NC(CS)C(=O)NC(Cc1c[nH]c2ccccc12)C(=O)O. The third-order valence-corrected chi connectivity index (χ3v) is 7.04. The summed E-state index contributed by atoms with van der Waals surface area (Å²) in [4.78, 5) is 62.3. The molecule has 0 radical (unpaired) electrons. The molecule has 3 heterocycles. The van der Waals surface area contributed by atoms with Crippen LogP contribution in [0.15, 0.2) is 43.0 Å². The number of hydrogen-bond donors (Lipinski definition) is 7. The van der Waals surface area contributed by atoms with E-state index >= 15 is 0 Å². The van der Waals surface area contributed by atoms with E-state index in [0.717, 1.165) is 16.5 Å². The van der Waals surface area contributed by atoms with Crippen LogP contribution in [-0.2, 0) is 32.0 Å². The van der Waals surface area contributed by atoms with E-state index in [1.807, 2.05) is 24.3 Å². The van der Waals surface area contributed by atoms with Crippen molar-refractivity contribution in [3.63, 3.8) is 0 Å². The summed E-state index contributed by atoms with van der Waals surface area (Å²) in [5.74, 6) is -2.81. The van der Waals surface area contributed by atoms with Gasteiger partial charge in [-0.3, -0.25) is 14.4 Å². The molecule has 4 rings (SSSR count). The number of nitrogens with one attached hydrogen (secondary N) is 4. The van der Waals surface area contributed by atoms with Crippen molar-refractivity contribution in [1.29, 1.82) is 0 Å². The number of aromatic nitrogens is 3. The van der Waals surface area contributed by atoms with Gasteiger partial charge >= 0.3 is 5.97 Å². The van der Waals surface area contributed by atoms with Crippen LogP contribution in [0, 0.1) is 0 Å². The molecule has 1 saturated heterocycles. The Morgan fingerprint density at radius 3 is 2.66 bits per heavy atom. The van der Waals surface area contributed by atoms with Crippen molar-refractivity contribution in [1.82, 2.24) is 30.5 Å². The van der Waals surface area contributed by atoms with Gasteiger partial charge in [0.25, 0.3) is 0 Å². The molecule has 1 fully saturated rings. The summed E-state index contributed by atoms with van der Waals surface area (Å²) >= 11 is 4.19. The smallest absolute Gasteiger partial charge is 0.326 e. The highest BCUT2D eigenvalue weighted by molar-refractivity contribution is 7.80. The largest absolute Gasteiger partial charge is 0.480 e. The zero-order valence-corrected chi connectivity index (χ0v) is 21.5. The van der Waals surface area contributed by atoms with Gasteiger partial charge in [0.15, 0.2) is 0 Å². The Morgan fingerprint density at radius 1 is 1.16 bits per heavy atom. The monoisotopic (exact) mass is 541 g/mol. The highest BCUT2D eigenvalue weighted by Crippen LogP contribution is 2.20. The van der Waals surface area contributed by atoms with Crippen LogP contribution in [0.25, 0.3) is 10.9 Å². The number of likely N-dealkylation sites (tertiary alicyclic amines) is 1. The van der Waals surface area contributed by atoms with Gasteiger partial charge in [0, 0.05) is 54.1 Å². The lowest BCUT2D eigenvalue weighted by molar-refractivity contribution is -0.142. The number of carbonyl (C=O) groups is 4. The second kappa shape index (κ2) is 12.1. The number of aliphatic carboxylic acids is 1. The fraction of sp³-hybridized carbons (Fsp3) is 0.400. The third kappa shape index (κ3) is 6.17. The van der Waals surface area contributed by atoms with Gasteiger partial charge in [-0.25, -0.2) is 9.78 Å². The van der Waals surface area contributed by atoms with Crippen LogP contribution in [0.3, 0.4) is 0 Å². The maximum absolute atomic E-state index is 13.1. The quantitative estimate of drug-likeness (QED) is 0.166. The highest BCUT2D eigenvalue weighted by atomic mass is 32.1. The van der Waals surface area contributed by atoms with E-state index in [4.69, 9.17) is 5.73 Å². The first-order valence-electron chi connectivity index (χ1n) is 12.3. The van der Waals surface area contributed by atoms with Crippen molar-refractivity contribution in [2.45, 2.75) is 49.9 Å². The molecular weight excluding hydrogens is 510 g/mol. The van der Waals surface area contributed by atoms with Crippen molar-refractivity contribution in [2.24, 2.45) is 5.73 Å². The Labute approximate surface area is 224 Å². The van der Waals surface area contributed by atoms with E-state index in [1.165, 1.54) is 11.2 Å². The fourth-order valence-electron chi connectivity index (χ4n) is 4.69. The zero-order chi connectivity index (χ0) is 27.2. The second-order valence-corrected chi connectivity index (χ2v) is 9.65. The fourth-order valence-corrected chi connectivity index (χ4v) is 4.95. The van der Waals surface area contributed by atoms with E-state index in [1.54, 1.807) is 12.4 Å². The number of imidazole rings is 1. The van der Waals surface area contributed by atoms with Crippen LogP contribution in [-0.4, -0.2) is 85.1 Å². The molecule has 2 aromatic heterocycles. The number of amides is 3. The number of carbonyl (C=O) groups excluding carboxylic acids is 3. The predicted octanol–water partition coefficient (Wildman–Crippen LogP) is -0.0215. The molecule has 13 heteroatoms. The summed E-state index contributed by atoms with van der Waals surface area (Å²) < 4.78 is 0. The predicted molar refractivity (Wildman–Crippen MR) is 142 cm³/mol. The summed E-state index contributed by atoms with van der Waals surface area (Å²) in [6.07, 6.45) is 6.14. The lowest BCUT2D eigenvalue weighted by Crippen LogP contribution is -2.57. The van der Waals surface area contributed by atoms with Crippen LogP contribution in [0.5, 0.6) is 0 Å². The van der Waals surface area contributed by atoms with E-state index in [-0.39, 0.29) is 24.5 Å². The molecule has 3 amide bonds. The van der Waals surface area contributed by atoms with E-state index in [9.17, 15) is 24.3 Å². The molecule has 7 N–H and O–H groups in total. The van der Waals surface area contributed by atoms with E-state index < -0.39 is 42.0 Å². The minimum atomic E-state index is -1.22. The van der Waals surface area contributed by atoms with Crippen molar-refractivity contribution in [2.75, 3.05) is 12.3 Å². The first-order chi connectivity index (χ1) is 18.3. The van der Waals surface area contributed by atoms with Crippen LogP contribution >= 0.6 is 12.6 Å². The number of carboxylic acids is 1. The molecule has 0 aliphatic carbocycles.